The van der Waals surface area contributed by atoms with Crippen LogP contribution < -0.4 is 0 Å². The zero-order chi connectivity index (χ0) is 16.1. The molecule has 23 heavy (non-hydrogen) atoms. The number of ether oxygens (including phenoxy) is 1. The Morgan fingerprint density at radius 3 is 2.43 bits per heavy atom. The van der Waals surface area contributed by atoms with Crippen molar-refractivity contribution >= 4 is 10.0 Å². The molecule has 0 spiro atoms. The van der Waals surface area contributed by atoms with Gasteiger partial charge in [0.05, 0.1) is 5.25 Å². The van der Waals surface area contributed by atoms with E-state index in [4.69, 9.17) is 4.74 Å². The Kier molecular flexibility index (Phi) is 6.35. The summed E-state index contributed by atoms with van der Waals surface area (Å²) in [5.41, 5.74) is 0. The Balaban J connectivity index is 1.34. The molecule has 0 aliphatic carbocycles. The maximum Gasteiger partial charge on any atom is 0.218 e. The average Bonchev–Trinajstić information content (AvgIpc) is 3.24. The van der Waals surface area contributed by atoms with E-state index in [0.717, 1.165) is 71.1 Å². The van der Waals surface area contributed by atoms with Crippen LogP contribution in [-0.2, 0) is 14.8 Å². The largest absolute Gasteiger partial charge is 0.381 e. The topological polar surface area (TPSA) is 49.9 Å². The van der Waals surface area contributed by atoms with Gasteiger partial charge in [-0.2, -0.15) is 0 Å². The van der Waals surface area contributed by atoms with E-state index in [1.807, 2.05) is 0 Å². The molecule has 1 atom stereocenters. The Bertz CT molecular complexity index is 456. The lowest BCUT2D eigenvalue weighted by Gasteiger charge is -2.23. The highest BCUT2D eigenvalue weighted by Crippen LogP contribution is 2.25. The van der Waals surface area contributed by atoms with Crippen molar-refractivity contribution in [2.75, 3.05) is 45.9 Å². The van der Waals surface area contributed by atoms with E-state index >= 15 is 0 Å². The minimum absolute atomic E-state index is 0.156. The average molecular weight is 345 g/mol. The quantitative estimate of drug-likeness (QED) is 0.664. The van der Waals surface area contributed by atoms with Gasteiger partial charge in [-0.1, -0.05) is 12.8 Å². The molecule has 0 aromatic carbocycles. The smallest absolute Gasteiger partial charge is 0.218 e. The van der Waals surface area contributed by atoms with Crippen LogP contribution in [0.3, 0.4) is 0 Å². The molecule has 3 aliphatic rings. The predicted octanol–water partition coefficient (Wildman–Crippen LogP) is 2.08. The third kappa shape index (κ3) is 4.68. The maximum atomic E-state index is 12.6. The van der Waals surface area contributed by atoms with Crippen molar-refractivity contribution in [2.45, 2.75) is 56.6 Å². The molecule has 3 fully saturated rings. The van der Waals surface area contributed by atoms with Gasteiger partial charge in [0.25, 0.3) is 0 Å². The highest BCUT2D eigenvalue weighted by atomic mass is 32.2. The van der Waals surface area contributed by atoms with Gasteiger partial charge in [-0.15, -0.1) is 0 Å². The van der Waals surface area contributed by atoms with Crippen molar-refractivity contribution < 1.29 is 13.2 Å². The molecule has 3 rings (SSSR count). The maximum absolute atomic E-state index is 12.6. The molecule has 3 heterocycles. The van der Waals surface area contributed by atoms with Crippen LogP contribution in [-0.4, -0.2) is 68.8 Å². The Hall–Kier alpha value is -0.170. The second-order valence-electron chi connectivity index (χ2n) is 7.41. The standard InChI is InChI=1S/C17H32N2O3S/c20-23(21,19-10-3-4-11-19)17-6-12-18(15-17)9-2-1-5-16-7-13-22-14-8-16/h16-17H,1-15H2/t17-/m1/s1. The zero-order valence-corrected chi connectivity index (χ0v) is 15.1. The summed E-state index contributed by atoms with van der Waals surface area (Å²) in [6.07, 6.45) is 9.10. The Morgan fingerprint density at radius 1 is 0.957 bits per heavy atom. The normalized spacial score (nSPS) is 28.6. The number of rotatable bonds is 7. The fourth-order valence-electron chi connectivity index (χ4n) is 4.20. The molecule has 6 heteroatoms. The molecule has 134 valence electrons. The summed E-state index contributed by atoms with van der Waals surface area (Å²) in [6.45, 7) is 6.12. The van der Waals surface area contributed by atoms with Crippen LogP contribution in [0.2, 0.25) is 0 Å². The molecule has 3 saturated heterocycles. The summed E-state index contributed by atoms with van der Waals surface area (Å²) in [6, 6.07) is 0. The summed E-state index contributed by atoms with van der Waals surface area (Å²) in [5, 5.41) is -0.156. The Labute approximate surface area is 141 Å². The molecule has 0 aromatic heterocycles. The van der Waals surface area contributed by atoms with Crippen molar-refractivity contribution in [3.05, 3.63) is 0 Å². The SMILES string of the molecule is O=S(=O)([C@@H]1CCN(CCCCC2CCOCC2)C1)N1CCCC1. The first-order valence-electron chi connectivity index (χ1n) is 9.45. The number of hydrogen-bond acceptors (Lipinski definition) is 4. The fourth-order valence-corrected chi connectivity index (χ4v) is 6.19. The number of hydrogen-bond donors (Lipinski definition) is 0. The lowest BCUT2D eigenvalue weighted by atomic mass is 9.94. The fraction of sp³-hybridized carbons (Fsp3) is 1.00. The number of sulfonamides is 1. The van der Waals surface area contributed by atoms with E-state index < -0.39 is 10.0 Å². The summed E-state index contributed by atoms with van der Waals surface area (Å²) in [5.74, 6) is 0.852. The molecular weight excluding hydrogens is 312 g/mol. The highest BCUT2D eigenvalue weighted by Gasteiger charge is 2.37. The van der Waals surface area contributed by atoms with Gasteiger partial charge in [0, 0.05) is 32.8 Å². The van der Waals surface area contributed by atoms with E-state index in [9.17, 15) is 8.42 Å². The molecule has 0 aromatic rings. The number of unbranched alkanes of at least 4 members (excludes halogenated alkanes) is 1. The van der Waals surface area contributed by atoms with E-state index in [1.54, 1.807) is 4.31 Å². The zero-order valence-electron chi connectivity index (χ0n) is 14.3. The first-order valence-corrected chi connectivity index (χ1v) is 11.0. The van der Waals surface area contributed by atoms with Gasteiger partial charge < -0.3 is 9.64 Å². The predicted molar refractivity (Wildman–Crippen MR) is 92.0 cm³/mol. The summed E-state index contributed by atoms with van der Waals surface area (Å²) in [4.78, 5) is 2.36. The van der Waals surface area contributed by atoms with E-state index in [2.05, 4.69) is 4.90 Å². The molecular formula is C17H32N2O3S. The van der Waals surface area contributed by atoms with Crippen LogP contribution in [0.15, 0.2) is 0 Å². The van der Waals surface area contributed by atoms with Crippen molar-refractivity contribution in [3.63, 3.8) is 0 Å². The van der Waals surface area contributed by atoms with Gasteiger partial charge >= 0.3 is 0 Å². The lowest BCUT2D eigenvalue weighted by Crippen LogP contribution is -2.38. The van der Waals surface area contributed by atoms with E-state index in [-0.39, 0.29) is 5.25 Å². The molecule has 0 unspecified atom stereocenters. The molecule has 0 saturated carbocycles. The van der Waals surface area contributed by atoms with Gasteiger partial charge in [0.1, 0.15) is 0 Å². The molecule has 3 aliphatic heterocycles. The van der Waals surface area contributed by atoms with E-state index in [1.165, 1.54) is 32.1 Å². The minimum Gasteiger partial charge on any atom is -0.381 e. The van der Waals surface area contributed by atoms with Crippen LogP contribution in [0, 0.1) is 5.92 Å². The van der Waals surface area contributed by atoms with Crippen LogP contribution in [0.1, 0.15) is 51.4 Å². The van der Waals surface area contributed by atoms with Crippen LogP contribution in [0.4, 0.5) is 0 Å². The van der Waals surface area contributed by atoms with Crippen molar-refractivity contribution in [1.82, 2.24) is 9.21 Å². The minimum atomic E-state index is -3.04. The molecule has 0 radical (unpaired) electrons. The second kappa shape index (κ2) is 8.28. The van der Waals surface area contributed by atoms with Gasteiger partial charge in [0.2, 0.25) is 10.0 Å². The van der Waals surface area contributed by atoms with Crippen LogP contribution in [0.5, 0.6) is 0 Å². The first-order chi connectivity index (χ1) is 11.2. The van der Waals surface area contributed by atoms with Crippen molar-refractivity contribution in [3.8, 4) is 0 Å². The van der Waals surface area contributed by atoms with Gasteiger partial charge in [0.15, 0.2) is 0 Å². The van der Waals surface area contributed by atoms with Crippen molar-refractivity contribution in [2.24, 2.45) is 5.92 Å². The third-order valence-electron chi connectivity index (χ3n) is 5.75. The molecule has 5 nitrogen and oxygen atoms in total. The van der Waals surface area contributed by atoms with E-state index in [0.29, 0.717) is 0 Å². The van der Waals surface area contributed by atoms with Crippen molar-refractivity contribution in [1.29, 1.82) is 0 Å². The first kappa shape index (κ1) is 17.6. The summed E-state index contributed by atoms with van der Waals surface area (Å²) >= 11 is 0. The number of likely N-dealkylation sites (tertiary alicyclic amines) is 1. The third-order valence-corrected chi connectivity index (χ3v) is 8.07. The molecule has 0 amide bonds. The second-order valence-corrected chi connectivity index (χ2v) is 9.63. The molecule has 0 bridgehead atoms. The van der Waals surface area contributed by atoms with Crippen LogP contribution in [0.25, 0.3) is 0 Å². The lowest BCUT2D eigenvalue weighted by molar-refractivity contribution is 0.0629. The monoisotopic (exact) mass is 344 g/mol. The summed E-state index contributed by atoms with van der Waals surface area (Å²) < 4.78 is 32.3. The Morgan fingerprint density at radius 2 is 1.70 bits per heavy atom. The van der Waals surface area contributed by atoms with Gasteiger partial charge in [-0.05, 0) is 57.5 Å². The van der Waals surface area contributed by atoms with Crippen LogP contribution >= 0.6 is 0 Å². The highest BCUT2D eigenvalue weighted by molar-refractivity contribution is 7.89. The summed E-state index contributed by atoms with van der Waals surface area (Å²) in [7, 11) is -3.04. The molecule has 0 N–H and O–H groups in total. The number of nitrogens with zero attached hydrogens (tertiary/aromatic N) is 2. The van der Waals surface area contributed by atoms with Gasteiger partial charge in [-0.25, -0.2) is 12.7 Å². The van der Waals surface area contributed by atoms with Gasteiger partial charge in [-0.3, -0.25) is 0 Å².